The van der Waals surface area contributed by atoms with E-state index in [0.717, 1.165) is 30.9 Å². The van der Waals surface area contributed by atoms with E-state index in [1.54, 1.807) is 6.07 Å². The maximum atomic E-state index is 13.3. The van der Waals surface area contributed by atoms with Crippen LogP contribution in [0.5, 0.6) is 5.75 Å². The molecule has 0 fully saturated rings. The van der Waals surface area contributed by atoms with Gasteiger partial charge in [-0.1, -0.05) is 13.8 Å². The van der Waals surface area contributed by atoms with Crippen LogP contribution in [0.1, 0.15) is 32.8 Å². The molecule has 1 N–H and O–H groups in total. The lowest BCUT2D eigenvalue weighted by Gasteiger charge is -2.13. The Kier molecular flexibility index (Phi) is 8.23. The van der Waals surface area contributed by atoms with Gasteiger partial charge in [0, 0.05) is 31.7 Å². The van der Waals surface area contributed by atoms with Crippen LogP contribution >= 0.6 is 0 Å². The molecule has 0 unspecified atom stereocenters. The van der Waals surface area contributed by atoms with Crippen LogP contribution in [0.25, 0.3) is 0 Å². The Morgan fingerprint density at radius 2 is 2.05 bits per heavy atom. The number of nitrogens with one attached hydrogen (secondary N) is 1. The normalized spacial score (nSPS) is 11.1. The van der Waals surface area contributed by atoms with Crippen LogP contribution in [0, 0.1) is 11.7 Å². The molecule has 1 aromatic carbocycles. The summed E-state index contributed by atoms with van der Waals surface area (Å²) in [7, 11) is 0. The van der Waals surface area contributed by atoms with Gasteiger partial charge >= 0.3 is 0 Å². The first-order chi connectivity index (χ1) is 9.63. The van der Waals surface area contributed by atoms with E-state index in [4.69, 9.17) is 9.47 Å². The number of ether oxygens (including phenoxy) is 2. The fourth-order valence-corrected chi connectivity index (χ4v) is 1.81. The van der Waals surface area contributed by atoms with Gasteiger partial charge in [0.1, 0.15) is 11.6 Å². The van der Waals surface area contributed by atoms with Gasteiger partial charge < -0.3 is 14.8 Å². The average Bonchev–Trinajstić information content (AvgIpc) is 2.40. The Balaban J connectivity index is 2.47. The van der Waals surface area contributed by atoms with E-state index in [-0.39, 0.29) is 5.82 Å². The first kappa shape index (κ1) is 16.9. The zero-order chi connectivity index (χ0) is 14.8. The molecule has 0 atom stereocenters. The number of rotatable bonds is 10. The van der Waals surface area contributed by atoms with Crippen LogP contribution < -0.4 is 10.1 Å². The Labute approximate surface area is 121 Å². The summed E-state index contributed by atoms with van der Waals surface area (Å²) in [5.74, 6) is 1.09. The van der Waals surface area contributed by atoms with Crippen molar-refractivity contribution in [3.63, 3.8) is 0 Å². The van der Waals surface area contributed by atoms with Crippen molar-refractivity contribution in [1.29, 1.82) is 0 Å². The molecule has 20 heavy (non-hydrogen) atoms. The highest BCUT2D eigenvalue weighted by molar-refractivity contribution is 5.33. The Morgan fingerprint density at radius 1 is 1.25 bits per heavy atom. The van der Waals surface area contributed by atoms with Gasteiger partial charge in [0.25, 0.3) is 0 Å². The molecule has 0 heterocycles. The first-order valence-corrected chi connectivity index (χ1v) is 7.33. The molecule has 0 aliphatic rings. The molecule has 0 aliphatic carbocycles. The molecule has 0 aliphatic heterocycles. The quantitative estimate of drug-likeness (QED) is 0.668. The second-order valence-corrected chi connectivity index (χ2v) is 5.18. The van der Waals surface area contributed by atoms with Crippen molar-refractivity contribution in [2.24, 2.45) is 5.92 Å². The van der Waals surface area contributed by atoms with Crippen LogP contribution in [0.15, 0.2) is 18.2 Å². The van der Waals surface area contributed by atoms with E-state index in [0.29, 0.717) is 25.7 Å². The van der Waals surface area contributed by atoms with Crippen molar-refractivity contribution in [2.75, 3.05) is 26.4 Å². The lowest BCUT2D eigenvalue weighted by molar-refractivity contribution is 0.130. The summed E-state index contributed by atoms with van der Waals surface area (Å²) < 4.78 is 24.3. The number of hydrogen-bond acceptors (Lipinski definition) is 3. The highest BCUT2D eigenvalue weighted by atomic mass is 19.1. The zero-order valence-electron chi connectivity index (χ0n) is 12.7. The second kappa shape index (κ2) is 9.72. The van der Waals surface area contributed by atoms with Gasteiger partial charge in [0.05, 0.1) is 6.61 Å². The number of benzene rings is 1. The van der Waals surface area contributed by atoms with Gasteiger partial charge in [0.2, 0.25) is 0 Å². The van der Waals surface area contributed by atoms with Crippen molar-refractivity contribution in [3.8, 4) is 5.75 Å². The van der Waals surface area contributed by atoms with Crippen molar-refractivity contribution in [3.05, 3.63) is 29.6 Å². The lowest BCUT2D eigenvalue weighted by atomic mass is 10.1. The molecule has 1 aromatic rings. The summed E-state index contributed by atoms with van der Waals surface area (Å²) in [6, 6.07) is 4.66. The van der Waals surface area contributed by atoms with E-state index in [1.807, 2.05) is 6.92 Å². The Morgan fingerprint density at radius 3 is 2.75 bits per heavy atom. The molecule has 3 nitrogen and oxygen atoms in total. The molecule has 0 radical (unpaired) electrons. The van der Waals surface area contributed by atoms with Gasteiger partial charge in [-0.15, -0.1) is 0 Å². The topological polar surface area (TPSA) is 30.5 Å². The molecule has 0 saturated heterocycles. The minimum Gasteiger partial charge on any atom is -0.493 e. The molecule has 114 valence electrons. The highest BCUT2D eigenvalue weighted by Gasteiger charge is 2.06. The molecular formula is C16H26FNO2. The SMILES string of the molecule is CCOCCCOc1ccc(F)cc1CNCC(C)C. The standard InChI is InChI=1S/C16H26FNO2/c1-4-19-8-5-9-20-16-7-6-15(17)10-14(16)12-18-11-13(2)3/h6-7,10,13,18H,4-5,8-9,11-12H2,1-3H3. The maximum absolute atomic E-state index is 13.3. The minimum absolute atomic E-state index is 0.229. The van der Waals surface area contributed by atoms with Gasteiger partial charge in [-0.2, -0.15) is 0 Å². The Hall–Kier alpha value is -1.13. The molecule has 0 bridgehead atoms. The monoisotopic (exact) mass is 283 g/mol. The largest absolute Gasteiger partial charge is 0.493 e. The maximum Gasteiger partial charge on any atom is 0.123 e. The Bertz CT molecular complexity index is 383. The predicted molar refractivity (Wildman–Crippen MR) is 79.5 cm³/mol. The fraction of sp³-hybridized carbons (Fsp3) is 0.625. The summed E-state index contributed by atoms with van der Waals surface area (Å²) in [4.78, 5) is 0. The van der Waals surface area contributed by atoms with Gasteiger partial charge in [-0.25, -0.2) is 4.39 Å². The van der Waals surface area contributed by atoms with Gasteiger partial charge in [-0.3, -0.25) is 0 Å². The first-order valence-electron chi connectivity index (χ1n) is 7.33. The van der Waals surface area contributed by atoms with Gasteiger partial charge in [-0.05, 0) is 37.6 Å². The summed E-state index contributed by atoms with van der Waals surface area (Å²) in [5.41, 5.74) is 0.863. The van der Waals surface area contributed by atoms with E-state index in [9.17, 15) is 4.39 Å². The van der Waals surface area contributed by atoms with Gasteiger partial charge in [0.15, 0.2) is 0 Å². The van der Waals surface area contributed by atoms with E-state index >= 15 is 0 Å². The average molecular weight is 283 g/mol. The molecule has 0 amide bonds. The third kappa shape index (κ3) is 6.87. The van der Waals surface area contributed by atoms with Crippen molar-refractivity contribution >= 4 is 0 Å². The van der Waals surface area contributed by atoms with E-state index < -0.39 is 0 Å². The summed E-state index contributed by atoms with van der Waals surface area (Å²) in [6.07, 6.45) is 0.837. The number of hydrogen-bond donors (Lipinski definition) is 1. The zero-order valence-corrected chi connectivity index (χ0v) is 12.7. The van der Waals surface area contributed by atoms with Crippen LogP contribution in [0.4, 0.5) is 4.39 Å². The van der Waals surface area contributed by atoms with Crippen LogP contribution in [0.3, 0.4) is 0 Å². The highest BCUT2D eigenvalue weighted by Crippen LogP contribution is 2.20. The smallest absolute Gasteiger partial charge is 0.123 e. The fourth-order valence-electron chi connectivity index (χ4n) is 1.81. The van der Waals surface area contributed by atoms with Crippen LogP contribution in [-0.4, -0.2) is 26.4 Å². The third-order valence-corrected chi connectivity index (χ3v) is 2.79. The minimum atomic E-state index is -0.229. The summed E-state index contributed by atoms with van der Waals surface area (Å²) in [6.45, 7) is 9.78. The molecule has 4 heteroatoms. The predicted octanol–water partition coefficient (Wildman–Crippen LogP) is 3.38. The summed E-state index contributed by atoms with van der Waals surface area (Å²) in [5, 5.41) is 3.31. The van der Waals surface area contributed by atoms with Crippen molar-refractivity contribution in [2.45, 2.75) is 33.7 Å². The lowest BCUT2D eigenvalue weighted by Crippen LogP contribution is -2.19. The van der Waals surface area contributed by atoms with Crippen LogP contribution in [0.2, 0.25) is 0 Å². The molecule has 0 aromatic heterocycles. The van der Waals surface area contributed by atoms with E-state index in [1.165, 1.54) is 12.1 Å². The molecule has 1 rings (SSSR count). The second-order valence-electron chi connectivity index (χ2n) is 5.18. The molecule has 0 spiro atoms. The van der Waals surface area contributed by atoms with Crippen molar-refractivity contribution in [1.82, 2.24) is 5.32 Å². The van der Waals surface area contributed by atoms with Crippen LogP contribution in [-0.2, 0) is 11.3 Å². The van der Waals surface area contributed by atoms with Crippen molar-refractivity contribution < 1.29 is 13.9 Å². The summed E-state index contributed by atoms with van der Waals surface area (Å²) >= 11 is 0. The molecule has 0 saturated carbocycles. The third-order valence-electron chi connectivity index (χ3n) is 2.79. The number of halogens is 1. The van der Waals surface area contributed by atoms with E-state index in [2.05, 4.69) is 19.2 Å². The molecular weight excluding hydrogens is 257 g/mol.